The quantitative estimate of drug-likeness (QED) is 0.0196. The molecule has 0 amide bonds. The van der Waals surface area contributed by atoms with Crippen molar-refractivity contribution in [3.05, 3.63) is 72.9 Å². The fraction of sp³-hybridized carbons (Fsp3) is 0.776. The highest BCUT2D eigenvalue weighted by molar-refractivity contribution is 7.80. The molecule has 6 unspecified atom stereocenters. The van der Waals surface area contributed by atoms with Crippen molar-refractivity contribution >= 4 is 16.4 Å². The van der Waals surface area contributed by atoms with Gasteiger partial charge in [-0.1, -0.05) is 228 Å². The third-order valence-corrected chi connectivity index (χ3v) is 13.1. The molecular formula is C58H102O12S. The van der Waals surface area contributed by atoms with Crippen LogP contribution in [-0.2, 0) is 38.3 Å². The number of carbonyl (C=O) groups excluding carboxylic acids is 1. The van der Waals surface area contributed by atoms with Crippen LogP contribution >= 0.6 is 0 Å². The molecule has 0 aromatic rings. The number of unbranched alkanes of at least 4 members (excludes halogenated alkanes) is 24. The molecule has 1 aliphatic heterocycles. The monoisotopic (exact) mass is 1020 g/mol. The normalized spacial score (nSPS) is 19.5. The van der Waals surface area contributed by atoms with E-state index in [1.54, 1.807) is 0 Å². The van der Waals surface area contributed by atoms with Crippen LogP contribution in [0.25, 0.3) is 0 Å². The van der Waals surface area contributed by atoms with E-state index >= 15 is 0 Å². The second-order valence-electron chi connectivity index (χ2n) is 19.2. The third-order valence-electron chi connectivity index (χ3n) is 12.6. The Morgan fingerprint density at radius 2 is 0.972 bits per heavy atom. The minimum Gasteiger partial charge on any atom is -0.457 e. The SMILES string of the molecule is CC/C=C\C/C=C\C/C=C\C/C=C\C/C=C\C/C=C\CCCCCCCOCC(COC1OC(CO)C(O)C(OS(=O)(=O)O)C1O)OC(=O)CCCCCCCCCCCCCCCCCCCCCC. The molecule has 0 spiro atoms. The van der Waals surface area contributed by atoms with Crippen LogP contribution in [0.5, 0.6) is 0 Å². The topological polar surface area (TPSA) is 178 Å². The lowest BCUT2D eigenvalue weighted by atomic mass is 9.99. The summed E-state index contributed by atoms with van der Waals surface area (Å²) in [5, 5.41) is 30.8. The van der Waals surface area contributed by atoms with Gasteiger partial charge in [0.25, 0.3) is 0 Å². The zero-order valence-electron chi connectivity index (χ0n) is 44.5. The molecule has 1 rings (SSSR count). The Hall–Kier alpha value is -2.46. The van der Waals surface area contributed by atoms with Crippen molar-refractivity contribution in [1.29, 1.82) is 0 Å². The van der Waals surface area contributed by atoms with Crippen LogP contribution in [0.2, 0.25) is 0 Å². The van der Waals surface area contributed by atoms with Crippen molar-refractivity contribution in [3.8, 4) is 0 Å². The van der Waals surface area contributed by atoms with E-state index < -0.39 is 59.8 Å². The lowest BCUT2D eigenvalue weighted by Crippen LogP contribution is -2.60. The van der Waals surface area contributed by atoms with Gasteiger partial charge in [-0.3, -0.25) is 9.35 Å². The molecule has 1 aliphatic rings. The van der Waals surface area contributed by atoms with Gasteiger partial charge in [0, 0.05) is 13.0 Å². The van der Waals surface area contributed by atoms with Gasteiger partial charge >= 0.3 is 16.4 Å². The number of hydrogen-bond acceptors (Lipinski definition) is 11. The third kappa shape index (κ3) is 41.6. The molecule has 0 aromatic carbocycles. The van der Waals surface area contributed by atoms with Gasteiger partial charge in [0.05, 0.1) is 19.8 Å². The first-order valence-electron chi connectivity index (χ1n) is 28.2. The average Bonchev–Trinajstić information content (AvgIpc) is 3.35. The van der Waals surface area contributed by atoms with E-state index in [2.05, 4.69) is 90.9 Å². The Bertz CT molecular complexity index is 1510. The van der Waals surface area contributed by atoms with Crippen LogP contribution in [-0.4, -0.2) is 97.5 Å². The van der Waals surface area contributed by atoms with Crippen LogP contribution in [0.4, 0.5) is 0 Å². The number of ether oxygens (including phenoxy) is 4. The van der Waals surface area contributed by atoms with E-state index in [0.29, 0.717) is 13.0 Å². The Balaban J connectivity index is 2.34. The summed E-state index contributed by atoms with van der Waals surface area (Å²) in [7, 11) is -5.07. The number of carbonyl (C=O) groups is 1. The molecule has 1 fully saturated rings. The Kier molecular flexibility index (Phi) is 45.4. The van der Waals surface area contributed by atoms with E-state index in [-0.39, 0.29) is 19.6 Å². The second-order valence-corrected chi connectivity index (χ2v) is 20.2. The molecule has 0 radical (unpaired) electrons. The van der Waals surface area contributed by atoms with Gasteiger partial charge in [0.15, 0.2) is 6.29 Å². The van der Waals surface area contributed by atoms with Gasteiger partial charge in [-0.25, -0.2) is 4.18 Å². The number of aliphatic hydroxyl groups is 3. The molecule has 71 heavy (non-hydrogen) atoms. The molecule has 4 N–H and O–H groups in total. The summed E-state index contributed by atoms with van der Waals surface area (Å²) in [5.74, 6) is -0.405. The lowest BCUT2D eigenvalue weighted by Gasteiger charge is -2.41. The van der Waals surface area contributed by atoms with Crippen LogP contribution in [0, 0.1) is 0 Å². The molecule has 0 aromatic heterocycles. The van der Waals surface area contributed by atoms with E-state index in [1.807, 2.05) is 0 Å². The zero-order valence-corrected chi connectivity index (χ0v) is 45.3. The minimum absolute atomic E-state index is 0.0213. The smallest absolute Gasteiger partial charge is 0.397 e. The number of allylic oxidation sites excluding steroid dienone is 12. The number of rotatable bonds is 49. The summed E-state index contributed by atoms with van der Waals surface area (Å²) < 4.78 is 59.4. The highest BCUT2D eigenvalue weighted by atomic mass is 32.3. The summed E-state index contributed by atoms with van der Waals surface area (Å²) >= 11 is 0. The van der Waals surface area contributed by atoms with Gasteiger partial charge in [0.2, 0.25) is 0 Å². The Labute approximate surface area is 432 Å². The van der Waals surface area contributed by atoms with Gasteiger partial charge in [-0.2, -0.15) is 8.42 Å². The standard InChI is InChI=1S/C58H102O12S/c1-3-5-7-9-11-13-15-17-19-21-23-25-26-27-28-30-32-34-36-38-40-42-44-46-48-66-50-52(51-67-58-56(62)57(70-71(63,64)65)55(61)53(49-59)69-58)68-54(60)47-45-43-41-39-37-35-33-31-29-24-22-20-18-16-14-12-10-8-6-4-2/h5,7,11,13,17,19,23,25,27-28,32,34,52-53,55-59,61-62H,3-4,6,8-10,12,14-16,18,20-22,24,26,29-31,33,35-51H2,1-2H3,(H,63,64,65)/b7-5-,13-11-,19-17-,25-23-,28-27-,34-32-. The maximum absolute atomic E-state index is 12.9. The molecule has 13 heteroatoms. The summed E-state index contributed by atoms with van der Waals surface area (Å²) in [6, 6.07) is 0. The highest BCUT2D eigenvalue weighted by Crippen LogP contribution is 2.26. The molecule has 412 valence electrons. The number of esters is 1. The van der Waals surface area contributed by atoms with Crippen molar-refractivity contribution in [1.82, 2.24) is 0 Å². The molecule has 0 saturated carbocycles. The first-order chi connectivity index (χ1) is 34.6. The zero-order chi connectivity index (χ0) is 51.7. The van der Waals surface area contributed by atoms with Crippen LogP contribution < -0.4 is 0 Å². The van der Waals surface area contributed by atoms with Crippen LogP contribution in [0.3, 0.4) is 0 Å². The first-order valence-corrected chi connectivity index (χ1v) is 29.6. The van der Waals surface area contributed by atoms with Gasteiger partial charge in [-0.15, -0.1) is 0 Å². The predicted molar refractivity (Wildman–Crippen MR) is 289 cm³/mol. The van der Waals surface area contributed by atoms with E-state index in [0.717, 1.165) is 96.3 Å². The fourth-order valence-electron chi connectivity index (χ4n) is 8.38. The molecule has 1 saturated heterocycles. The van der Waals surface area contributed by atoms with Crippen molar-refractivity contribution in [2.24, 2.45) is 0 Å². The lowest BCUT2D eigenvalue weighted by molar-refractivity contribution is -0.301. The number of aliphatic hydroxyl groups excluding tert-OH is 3. The van der Waals surface area contributed by atoms with Crippen molar-refractivity contribution in [3.63, 3.8) is 0 Å². The maximum atomic E-state index is 12.9. The van der Waals surface area contributed by atoms with Gasteiger partial charge in [0.1, 0.15) is 30.5 Å². The Morgan fingerprint density at radius 1 is 0.549 bits per heavy atom. The molecule has 12 nitrogen and oxygen atoms in total. The summed E-state index contributed by atoms with van der Waals surface area (Å²) in [4.78, 5) is 12.9. The largest absolute Gasteiger partial charge is 0.457 e. The fourth-order valence-corrected chi connectivity index (χ4v) is 8.89. The molecule has 0 aliphatic carbocycles. The second kappa shape index (κ2) is 48.5. The summed E-state index contributed by atoms with van der Waals surface area (Å²) in [6.07, 6.45) is 55.0. The van der Waals surface area contributed by atoms with Crippen molar-refractivity contribution < 1.29 is 56.2 Å². The van der Waals surface area contributed by atoms with Crippen LogP contribution in [0.1, 0.15) is 226 Å². The summed E-state index contributed by atoms with van der Waals surface area (Å²) in [5.41, 5.74) is 0. The summed E-state index contributed by atoms with van der Waals surface area (Å²) in [6.45, 7) is 3.86. The Morgan fingerprint density at radius 3 is 1.42 bits per heavy atom. The van der Waals surface area contributed by atoms with E-state index in [1.165, 1.54) is 103 Å². The van der Waals surface area contributed by atoms with E-state index in [9.17, 15) is 33.1 Å². The van der Waals surface area contributed by atoms with Crippen LogP contribution in [0.15, 0.2) is 72.9 Å². The maximum Gasteiger partial charge on any atom is 0.397 e. The van der Waals surface area contributed by atoms with Crippen molar-refractivity contribution in [2.75, 3.05) is 26.4 Å². The molecule has 6 atom stereocenters. The molecule has 1 heterocycles. The van der Waals surface area contributed by atoms with Crippen molar-refractivity contribution in [2.45, 2.75) is 263 Å². The molecule has 0 bridgehead atoms. The minimum atomic E-state index is -5.07. The molecular weight excluding hydrogens is 921 g/mol. The van der Waals surface area contributed by atoms with Gasteiger partial charge in [-0.05, 0) is 64.2 Å². The van der Waals surface area contributed by atoms with Gasteiger partial charge < -0.3 is 34.3 Å². The van der Waals surface area contributed by atoms with E-state index in [4.69, 9.17) is 18.9 Å². The average molecular weight is 1020 g/mol. The predicted octanol–water partition coefficient (Wildman–Crippen LogP) is 13.8. The highest BCUT2D eigenvalue weighted by Gasteiger charge is 2.48. The first kappa shape index (κ1) is 66.6. The number of hydrogen-bond donors (Lipinski definition) is 4.